The number of aromatic hydroxyl groups is 5. The summed E-state index contributed by atoms with van der Waals surface area (Å²) in [7, 11) is 0. The lowest BCUT2D eigenvalue weighted by atomic mass is 10.1. The molecule has 2 rings (SSSR count). The summed E-state index contributed by atoms with van der Waals surface area (Å²) in [5.74, 6) is -6.35. The van der Waals surface area contributed by atoms with Crippen LogP contribution in [0, 0.1) is 0 Å². The standard InChI is InChI=1S/C16H14O9/c1-2-24-15(22)8-5-11(19)14(21)12(6-8)25-16(23)7-3-9(17)13(20)10(18)4-7/h3-6,17-21H,2H2,1H3. The normalized spacial score (nSPS) is 10.3. The fraction of sp³-hybridized carbons (Fsp3) is 0.125. The van der Waals surface area contributed by atoms with Crippen molar-refractivity contribution in [1.29, 1.82) is 0 Å². The molecule has 132 valence electrons. The Hall–Kier alpha value is -3.62. The van der Waals surface area contributed by atoms with Crippen LogP contribution in [0.1, 0.15) is 27.6 Å². The van der Waals surface area contributed by atoms with Crippen molar-refractivity contribution in [1.82, 2.24) is 0 Å². The van der Waals surface area contributed by atoms with Gasteiger partial charge in [-0.1, -0.05) is 0 Å². The summed E-state index contributed by atoms with van der Waals surface area (Å²) in [6.07, 6.45) is 0. The number of carbonyl (C=O) groups excluding carboxylic acids is 2. The molecule has 25 heavy (non-hydrogen) atoms. The lowest BCUT2D eigenvalue weighted by Crippen LogP contribution is -2.10. The molecule has 0 amide bonds. The van der Waals surface area contributed by atoms with E-state index in [9.17, 15) is 35.1 Å². The average molecular weight is 350 g/mol. The lowest BCUT2D eigenvalue weighted by Gasteiger charge is -2.10. The number of hydrogen-bond donors (Lipinski definition) is 5. The molecule has 0 saturated heterocycles. The molecule has 0 aliphatic rings. The van der Waals surface area contributed by atoms with E-state index < -0.39 is 46.4 Å². The maximum atomic E-state index is 12.1. The molecule has 0 aromatic heterocycles. The van der Waals surface area contributed by atoms with Gasteiger partial charge in [-0.25, -0.2) is 9.59 Å². The predicted molar refractivity (Wildman–Crippen MR) is 82.1 cm³/mol. The molecular formula is C16H14O9. The Kier molecular flexibility index (Phi) is 4.87. The largest absolute Gasteiger partial charge is 0.504 e. The Bertz CT molecular complexity index is 819. The van der Waals surface area contributed by atoms with Gasteiger partial charge in [-0.3, -0.25) is 0 Å². The second-order valence-corrected chi connectivity index (χ2v) is 4.82. The number of carbonyl (C=O) groups is 2. The number of benzene rings is 2. The van der Waals surface area contributed by atoms with Gasteiger partial charge >= 0.3 is 11.9 Å². The maximum absolute atomic E-state index is 12.1. The molecule has 0 radical (unpaired) electrons. The van der Waals surface area contributed by atoms with Crippen LogP contribution >= 0.6 is 0 Å². The third-order valence-corrected chi connectivity index (χ3v) is 3.07. The number of esters is 2. The molecule has 0 saturated carbocycles. The van der Waals surface area contributed by atoms with E-state index in [2.05, 4.69) is 0 Å². The van der Waals surface area contributed by atoms with Gasteiger partial charge in [0.25, 0.3) is 0 Å². The monoisotopic (exact) mass is 350 g/mol. The van der Waals surface area contributed by atoms with E-state index in [1.165, 1.54) is 0 Å². The van der Waals surface area contributed by atoms with Gasteiger partial charge in [-0.15, -0.1) is 0 Å². The van der Waals surface area contributed by atoms with Crippen LogP contribution in [0.25, 0.3) is 0 Å². The van der Waals surface area contributed by atoms with Gasteiger partial charge in [0.05, 0.1) is 17.7 Å². The summed E-state index contributed by atoms with van der Waals surface area (Å²) in [4.78, 5) is 23.8. The summed E-state index contributed by atoms with van der Waals surface area (Å²) in [5.41, 5.74) is -0.524. The first-order chi connectivity index (χ1) is 11.7. The first kappa shape index (κ1) is 17.7. The van der Waals surface area contributed by atoms with Gasteiger partial charge in [0, 0.05) is 0 Å². The van der Waals surface area contributed by atoms with Crippen molar-refractivity contribution < 1.29 is 44.6 Å². The van der Waals surface area contributed by atoms with Crippen LogP contribution in [0.4, 0.5) is 0 Å². The van der Waals surface area contributed by atoms with Crippen molar-refractivity contribution in [2.24, 2.45) is 0 Å². The fourth-order valence-corrected chi connectivity index (χ4v) is 1.88. The van der Waals surface area contributed by atoms with Crippen LogP contribution in [-0.2, 0) is 4.74 Å². The Balaban J connectivity index is 2.36. The van der Waals surface area contributed by atoms with Gasteiger partial charge in [0.15, 0.2) is 28.7 Å². The predicted octanol–water partition coefficient (Wildman–Crippen LogP) is 1.61. The second kappa shape index (κ2) is 6.87. The van der Waals surface area contributed by atoms with Crippen LogP contribution in [-0.4, -0.2) is 44.1 Å². The zero-order chi connectivity index (χ0) is 18.7. The minimum absolute atomic E-state index is 0.0711. The highest BCUT2D eigenvalue weighted by Crippen LogP contribution is 2.39. The molecule has 9 heteroatoms. The molecule has 9 nitrogen and oxygen atoms in total. The van der Waals surface area contributed by atoms with Gasteiger partial charge < -0.3 is 35.0 Å². The molecule has 0 bridgehead atoms. The number of rotatable bonds is 4. The van der Waals surface area contributed by atoms with E-state index in [1.54, 1.807) is 6.92 Å². The molecule has 0 fully saturated rings. The second-order valence-electron chi connectivity index (χ2n) is 4.82. The van der Waals surface area contributed by atoms with Crippen LogP contribution in [0.2, 0.25) is 0 Å². The van der Waals surface area contributed by atoms with Crippen LogP contribution in [0.5, 0.6) is 34.5 Å². The summed E-state index contributed by atoms with van der Waals surface area (Å²) in [6.45, 7) is 1.64. The Morgan fingerprint density at radius 2 is 1.28 bits per heavy atom. The third kappa shape index (κ3) is 3.66. The average Bonchev–Trinajstić information content (AvgIpc) is 2.56. The zero-order valence-electron chi connectivity index (χ0n) is 12.9. The van der Waals surface area contributed by atoms with Gasteiger partial charge in [0.2, 0.25) is 5.75 Å². The molecule has 0 spiro atoms. The summed E-state index contributed by atoms with van der Waals surface area (Å²) >= 11 is 0. The number of phenolic OH excluding ortho intramolecular Hbond substituents is 5. The first-order valence-electron chi connectivity index (χ1n) is 6.94. The van der Waals surface area contributed by atoms with E-state index in [-0.39, 0.29) is 17.7 Å². The van der Waals surface area contributed by atoms with E-state index in [1.807, 2.05) is 0 Å². The van der Waals surface area contributed by atoms with Gasteiger partial charge in [0.1, 0.15) is 0 Å². The molecule has 0 aliphatic carbocycles. The highest BCUT2D eigenvalue weighted by Gasteiger charge is 2.20. The van der Waals surface area contributed by atoms with Crippen LogP contribution in [0.3, 0.4) is 0 Å². The van der Waals surface area contributed by atoms with E-state index in [0.29, 0.717) is 0 Å². The van der Waals surface area contributed by atoms with E-state index >= 15 is 0 Å². The fourth-order valence-electron chi connectivity index (χ4n) is 1.88. The minimum atomic E-state index is -1.14. The van der Waals surface area contributed by atoms with E-state index in [4.69, 9.17) is 9.47 Å². The molecule has 2 aromatic carbocycles. The molecule has 0 heterocycles. The molecule has 5 N–H and O–H groups in total. The third-order valence-electron chi connectivity index (χ3n) is 3.07. The van der Waals surface area contributed by atoms with Crippen LogP contribution in [0.15, 0.2) is 24.3 Å². The molecule has 0 aliphatic heterocycles. The molecule has 2 aromatic rings. The molecular weight excluding hydrogens is 336 g/mol. The minimum Gasteiger partial charge on any atom is -0.504 e. The quantitative estimate of drug-likeness (QED) is 0.314. The van der Waals surface area contributed by atoms with Gasteiger partial charge in [-0.2, -0.15) is 0 Å². The maximum Gasteiger partial charge on any atom is 0.343 e. The number of hydrogen-bond acceptors (Lipinski definition) is 9. The molecule has 0 atom stereocenters. The van der Waals surface area contributed by atoms with Crippen molar-refractivity contribution in [2.75, 3.05) is 6.61 Å². The van der Waals surface area contributed by atoms with E-state index in [0.717, 1.165) is 24.3 Å². The van der Waals surface area contributed by atoms with Crippen molar-refractivity contribution in [3.63, 3.8) is 0 Å². The Labute approximate surface area is 140 Å². The van der Waals surface area contributed by atoms with Crippen molar-refractivity contribution in [2.45, 2.75) is 6.92 Å². The summed E-state index contributed by atoms with van der Waals surface area (Å²) < 4.78 is 9.62. The Morgan fingerprint density at radius 1 is 0.800 bits per heavy atom. The van der Waals surface area contributed by atoms with Crippen molar-refractivity contribution >= 4 is 11.9 Å². The summed E-state index contributed by atoms with van der Waals surface area (Å²) in [6, 6.07) is 3.56. The van der Waals surface area contributed by atoms with Crippen molar-refractivity contribution in [3.05, 3.63) is 35.4 Å². The van der Waals surface area contributed by atoms with Gasteiger partial charge in [-0.05, 0) is 31.2 Å². The van der Waals surface area contributed by atoms with Crippen LogP contribution < -0.4 is 4.74 Å². The first-order valence-corrected chi connectivity index (χ1v) is 6.94. The highest BCUT2D eigenvalue weighted by atomic mass is 16.5. The molecule has 0 unspecified atom stereocenters. The smallest absolute Gasteiger partial charge is 0.343 e. The Morgan fingerprint density at radius 3 is 1.80 bits per heavy atom. The topological polar surface area (TPSA) is 154 Å². The number of ether oxygens (including phenoxy) is 2. The number of phenols is 5. The van der Waals surface area contributed by atoms with Crippen molar-refractivity contribution in [3.8, 4) is 34.5 Å². The summed E-state index contributed by atoms with van der Waals surface area (Å²) in [5, 5.41) is 47.5. The highest BCUT2D eigenvalue weighted by molar-refractivity contribution is 5.94. The zero-order valence-corrected chi connectivity index (χ0v) is 12.9. The SMILES string of the molecule is CCOC(=O)c1cc(O)c(O)c(OC(=O)c2cc(O)c(O)c(O)c2)c1. The lowest BCUT2D eigenvalue weighted by molar-refractivity contribution is 0.0523.